The van der Waals surface area contributed by atoms with E-state index in [1.54, 1.807) is 0 Å². The molecule has 0 aliphatic carbocycles. The number of nitrogens with zero attached hydrogens (tertiary/aromatic N) is 1. The summed E-state index contributed by atoms with van der Waals surface area (Å²) in [5, 5.41) is 6.23. The fourth-order valence-electron chi connectivity index (χ4n) is 1.24. The molecule has 6 heteroatoms. The number of anilines is 1. The summed E-state index contributed by atoms with van der Waals surface area (Å²) in [7, 11) is 0. The molecule has 15 heavy (non-hydrogen) atoms. The van der Waals surface area contributed by atoms with Crippen LogP contribution in [0.25, 0.3) is 11.1 Å². The normalized spacial score (nSPS) is 10.6. The van der Waals surface area contributed by atoms with E-state index in [4.69, 9.17) is 17.3 Å². The van der Waals surface area contributed by atoms with Crippen molar-refractivity contribution >= 4 is 17.4 Å². The van der Waals surface area contributed by atoms with Crippen LogP contribution >= 0.6 is 11.6 Å². The Hall–Kier alpha value is -1.62. The Labute approximate surface area is 88.9 Å². The predicted octanol–water partition coefficient (Wildman–Crippen LogP) is 2.59. The second kappa shape index (κ2) is 3.51. The van der Waals surface area contributed by atoms with Crippen LogP contribution in [0.2, 0.25) is 5.02 Å². The molecule has 3 nitrogen and oxygen atoms in total. The number of aromatic nitrogens is 2. The minimum Gasteiger partial charge on any atom is -0.384 e. The highest BCUT2D eigenvalue weighted by Crippen LogP contribution is 2.32. The second-order valence-electron chi connectivity index (χ2n) is 2.94. The molecule has 3 N–H and O–H groups in total. The van der Waals surface area contributed by atoms with E-state index in [0.29, 0.717) is 11.1 Å². The summed E-state index contributed by atoms with van der Waals surface area (Å²) in [6.45, 7) is 0. The van der Waals surface area contributed by atoms with Gasteiger partial charge in [-0.05, 0) is 12.1 Å². The number of hydrogen-bond donors (Lipinski definition) is 2. The van der Waals surface area contributed by atoms with Crippen LogP contribution in [0.5, 0.6) is 0 Å². The molecule has 2 aromatic rings. The van der Waals surface area contributed by atoms with Crippen LogP contribution in [0, 0.1) is 11.6 Å². The van der Waals surface area contributed by atoms with Gasteiger partial charge in [-0.1, -0.05) is 11.6 Å². The summed E-state index contributed by atoms with van der Waals surface area (Å²) in [5.74, 6) is -1.72. The highest BCUT2D eigenvalue weighted by Gasteiger charge is 2.13. The molecule has 0 aliphatic heterocycles. The first-order chi connectivity index (χ1) is 7.09. The average Bonchev–Trinajstić information content (AvgIpc) is 2.58. The van der Waals surface area contributed by atoms with Crippen molar-refractivity contribution in [3.05, 3.63) is 35.0 Å². The number of rotatable bonds is 1. The lowest BCUT2D eigenvalue weighted by Gasteiger charge is -2.03. The van der Waals surface area contributed by atoms with Gasteiger partial charge in [-0.15, -0.1) is 0 Å². The topological polar surface area (TPSA) is 54.7 Å². The maximum Gasteiger partial charge on any atom is 0.160 e. The van der Waals surface area contributed by atoms with E-state index in [2.05, 4.69) is 10.2 Å². The smallest absolute Gasteiger partial charge is 0.160 e. The zero-order valence-electron chi connectivity index (χ0n) is 7.39. The van der Waals surface area contributed by atoms with Crippen molar-refractivity contribution in [3.63, 3.8) is 0 Å². The summed E-state index contributed by atoms with van der Waals surface area (Å²) in [6, 6.07) is 1.89. The van der Waals surface area contributed by atoms with Crippen LogP contribution < -0.4 is 5.73 Å². The molecule has 0 atom stereocenters. The lowest BCUT2D eigenvalue weighted by Crippen LogP contribution is -1.91. The largest absolute Gasteiger partial charge is 0.384 e. The molecule has 1 aromatic heterocycles. The number of aromatic amines is 1. The van der Waals surface area contributed by atoms with Gasteiger partial charge in [0.15, 0.2) is 11.6 Å². The van der Waals surface area contributed by atoms with Crippen molar-refractivity contribution in [3.8, 4) is 11.1 Å². The van der Waals surface area contributed by atoms with Crippen LogP contribution in [0.15, 0.2) is 18.3 Å². The van der Waals surface area contributed by atoms with E-state index >= 15 is 0 Å². The Bertz CT molecular complexity index is 510. The van der Waals surface area contributed by atoms with E-state index in [-0.39, 0.29) is 10.8 Å². The van der Waals surface area contributed by atoms with Crippen molar-refractivity contribution in [1.82, 2.24) is 10.2 Å². The Balaban J connectivity index is 2.64. The van der Waals surface area contributed by atoms with Gasteiger partial charge in [0.05, 0.1) is 11.2 Å². The molecule has 1 heterocycles. The van der Waals surface area contributed by atoms with Crippen LogP contribution in [0.3, 0.4) is 0 Å². The Morgan fingerprint density at radius 1 is 1.20 bits per heavy atom. The monoisotopic (exact) mass is 229 g/mol. The van der Waals surface area contributed by atoms with E-state index in [0.717, 1.165) is 12.1 Å². The first kappa shape index (κ1) is 9.92. The average molecular weight is 230 g/mol. The zero-order valence-corrected chi connectivity index (χ0v) is 8.15. The summed E-state index contributed by atoms with van der Waals surface area (Å²) < 4.78 is 25.8. The number of halogens is 3. The Morgan fingerprint density at radius 2 is 1.87 bits per heavy atom. The summed E-state index contributed by atoms with van der Waals surface area (Å²) in [6.07, 6.45) is 1.40. The third kappa shape index (κ3) is 1.66. The van der Waals surface area contributed by atoms with Crippen LogP contribution in [0.1, 0.15) is 0 Å². The predicted molar refractivity (Wildman–Crippen MR) is 53.4 cm³/mol. The molecule has 2 rings (SSSR count). The van der Waals surface area contributed by atoms with Gasteiger partial charge in [-0.3, -0.25) is 5.10 Å². The van der Waals surface area contributed by atoms with Gasteiger partial charge in [0.2, 0.25) is 0 Å². The maximum atomic E-state index is 13.0. The number of benzene rings is 1. The summed E-state index contributed by atoms with van der Waals surface area (Å²) in [5.41, 5.74) is 6.29. The van der Waals surface area contributed by atoms with E-state index in [9.17, 15) is 8.78 Å². The Kier molecular flexibility index (Phi) is 2.32. The lowest BCUT2D eigenvalue weighted by molar-refractivity contribution is 0.509. The first-order valence-electron chi connectivity index (χ1n) is 4.03. The number of hydrogen-bond acceptors (Lipinski definition) is 2. The minimum atomic E-state index is -0.995. The van der Waals surface area contributed by atoms with Gasteiger partial charge in [-0.2, -0.15) is 5.10 Å². The fourth-order valence-corrected chi connectivity index (χ4v) is 1.49. The Morgan fingerprint density at radius 3 is 2.47 bits per heavy atom. The molecule has 0 saturated heterocycles. The van der Waals surface area contributed by atoms with Crippen molar-refractivity contribution in [2.75, 3.05) is 5.73 Å². The molecule has 0 fully saturated rings. The van der Waals surface area contributed by atoms with Crippen LogP contribution in [-0.4, -0.2) is 10.2 Å². The quantitative estimate of drug-likeness (QED) is 0.739. The van der Waals surface area contributed by atoms with Crippen LogP contribution in [-0.2, 0) is 0 Å². The number of H-pyrrole nitrogens is 1. The van der Waals surface area contributed by atoms with Gasteiger partial charge >= 0.3 is 0 Å². The van der Waals surface area contributed by atoms with E-state index in [1.165, 1.54) is 6.20 Å². The van der Waals surface area contributed by atoms with Gasteiger partial charge in [0.1, 0.15) is 5.82 Å². The van der Waals surface area contributed by atoms with E-state index < -0.39 is 11.6 Å². The number of nitrogen functional groups attached to an aromatic ring is 1. The SMILES string of the molecule is Nc1[nH]ncc1-c1cc(F)c(F)cc1Cl. The highest BCUT2D eigenvalue weighted by molar-refractivity contribution is 6.33. The van der Waals surface area contributed by atoms with Gasteiger partial charge in [0.25, 0.3) is 0 Å². The number of nitrogens with two attached hydrogens (primary N) is 1. The van der Waals surface area contributed by atoms with Crippen molar-refractivity contribution in [2.45, 2.75) is 0 Å². The third-order valence-electron chi connectivity index (χ3n) is 1.97. The van der Waals surface area contributed by atoms with Crippen molar-refractivity contribution < 1.29 is 8.78 Å². The van der Waals surface area contributed by atoms with Gasteiger partial charge < -0.3 is 5.73 Å². The fraction of sp³-hybridized carbons (Fsp3) is 0. The first-order valence-corrected chi connectivity index (χ1v) is 4.41. The zero-order chi connectivity index (χ0) is 11.0. The molecule has 1 aromatic carbocycles. The molecule has 0 aliphatic rings. The second-order valence-corrected chi connectivity index (χ2v) is 3.35. The van der Waals surface area contributed by atoms with E-state index in [1.807, 2.05) is 0 Å². The van der Waals surface area contributed by atoms with Crippen LogP contribution in [0.4, 0.5) is 14.6 Å². The minimum absolute atomic E-state index is 0.0852. The molecule has 0 radical (unpaired) electrons. The molecule has 78 valence electrons. The molecular formula is C9H6ClF2N3. The molecular weight excluding hydrogens is 224 g/mol. The molecule has 0 bridgehead atoms. The summed E-state index contributed by atoms with van der Waals surface area (Å²) in [4.78, 5) is 0. The summed E-state index contributed by atoms with van der Waals surface area (Å²) >= 11 is 5.76. The molecule has 0 saturated carbocycles. The number of nitrogens with one attached hydrogen (secondary N) is 1. The lowest BCUT2D eigenvalue weighted by atomic mass is 10.1. The maximum absolute atomic E-state index is 13.0. The highest BCUT2D eigenvalue weighted by atomic mass is 35.5. The van der Waals surface area contributed by atoms with Crippen molar-refractivity contribution in [2.24, 2.45) is 0 Å². The molecule has 0 spiro atoms. The van der Waals surface area contributed by atoms with Gasteiger partial charge in [0, 0.05) is 11.1 Å². The van der Waals surface area contributed by atoms with Crippen molar-refractivity contribution in [1.29, 1.82) is 0 Å². The third-order valence-corrected chi connectivity index (χ3v) is 2.28. The molecule has 0 unspecified atom stereocenters. The standard InChI is InChI=1S/C9H6ClF2N3/c10-6-2-8(12)7(11)1-4(6)5-3-14-15-9(5)13/h1-3H,(H3,13,14,15). The van der Waals surface area contributed by atoms with Gasteiger partial charge in [-0.25, -0.2) is 8.78 Å². The molecule has 0 amide bonds.